The first-order chi connectivity index (χ1) is 18.6. The van der Waals surface area contributed by atoms with E-state index in [0.29, 0.717) is 42.8 Å². The van der Waals surface area contributed by atoms with Gasteiger partial charge in [-0.3, -0.25) is 4.79 Å². The molecule has 0 unspecified atom stereocenters. The number of anilines is 1. The quantitative estimate of drug-likeness (QED) is 0.300. The molecule has 0 aliphatic rings. The van der Waals surface area contributed by atoms with Crippen molar-refractivity contribution in [1.82, 2.24) is 20.0 Å². The summed E-state index contributed by atoms with van der Waals surface area (Å²) in [6, 6.07) is 15.3. The molecule has 0 fully saturated rings. The van der Waals surface area contributed by atoms with Crippen LogP contribution in [0, 0.1) is 0 Å². The molecule has 0 aliphatic heterocycles. The molecule has 4 rings (SSSR count). The summed E-state index contributed by atoms with van der Waals surface area (Å²) in [6.45, 7) is 10.5. The number of hydrogen-bond acceptors (Lipinski definition) is 6. The van der Waals surface area contributed by atoms with Crippen molar-refractivity contribution in [2.75, 3.05) is 23.8 Å². The lowest BCUT2D eigenvalue weighted by molar-refractivity contribution is 0.0528. The van der Waals surface area contributed by atoms with Gasteiger partial charge in [0.15, 0.2) is 5.82 Å². The number of aromatic nitrogens is 3. The molecule has 0 bridgehead atoms. The number of ether oxygens (including phenoxy) is 1. The molecule has 4 aromatic rings. The van der Waals surface area contributed by atoms with Gasteiger partial charge in [0.25, 0.3) is 5.91 Å². The lowest BCUT2D eigenvalue weighted by Gasteiger charge is -2.25. The summed E-state index contributed by atoms with van der Waals surface area (Å²) < 4.78 is 7.22. The Morgan fingerprint density at radius 2 is 1.74 bits per heavy atom. The van der Waals surface area contributed by atoms with Crippen LogP contribution in [0.5, 0.6) is 0 Å². The van der Waals surface area contributed by atoms with Crippen molar-refractivity contribution < 1.29 is 14.3 Å². The van der Waals surface area contributed by atoms with Gasteiger partial charge in [0, 0.05) is 30.5 Å². The highest BCUT2D eigenvalue weighted by Crippen LogP contribution is 2.30. The molecule has 0 saturated heterocycles. The fourth-order valence-electron chi connectivity index (χ4n) is 4.55. The van der Waals surface area contributed by atoms with Crippen molar-refractivity contribution >= 4 is 39.8 Å². The van der Waals surface area contributed by atoms with Gasteiger partial charge in [-0.2, -0.15) is 0 Å². The summed E-state index contributed by atoms with van der Waals surface area (Å²) >= 11 is 0. The van der Waals surface area contributed by atoms with E-state index in [9.17, 15) is 9.59 Å². The van der Waals surface area contributed by atoms with E-state index >= 15 is 0 Å². The van der Waals surface area contributed by atoms with Gasteiger partial charge in [-0.15, -0.1) is 0 Å². The molecule has 0 aliphatic carbocycles. The molecule has 2 amide bonds. The Morgan fingerprint density at radius 1 is 1.03 bits per heavy atom. The Balaban J connectivity index is 1.62. The summed E-state index contributed by atoms with van der Waals surface area (Å²) in [5.41, 5.74) is 9.54. The van der Waals surface area contributed by atoms with E-state index in [4.69, 9.17) is 15.5 Å². The maximum Gasteiger partial charge on any atom is 0.407 e. The second-order valence-corrected chi connectivity index (χ2v) is 10.6. The van der Waals surface area contributed by atoms with E-state index in [0.717, 1.165) is 40.6 Å². The number of unbranched alkanes of at least 4 members (excludes halogenated alkanes) is 1. The fraction of sp³-hybridized carbons (Fsp3) is 0.400. The predicted octanol–water partition coefficient (Wildman–Crippen LogP) is 5.37. The third-order valence-corrected chi connectivity index (χ3v) is 6.38. The molecule has 0 saturated carbocycles. The first kappa shape index (κ1) is 27.9. The Kier molecular flexibility index (Phi) is 8.38. The van der Waals surface area contributed by atoms with Crippen molar-refractivity contribution in [3.63, 3.8) is 0 Å². The zero-order valence-corrected chi connectivity index (χ0v) is 23.5. The molecule has 2 aromatic heterocycles. The Morgan fingerprint density at radius 3 is 2.41 bits per heavy atom. The molecule has 39 heavy (non-hydrogen) atoms. The average Bonchev–Trinajstić information content (AvgIpc) is 3.27. The summed E-state index contributed by atoms with van der Waals surface area (Å²) in [6.07, 6.45) is 2.83. The van der Waals surface area contributed by atoms with Crippen LogP contribution in [0.1, 0.15) is 69.2 Å². The standard InChI is InChI=1S/C30H38N6O3/c1-6-8-13-24-34-25-26(22-11-9-10-12-23(22)33-27(25)31)36(24)35(7-2)28(37)21-16-14-20(15-17-21)18-19-32-29(38)39-30(3,4)5/h9-12,14-17H,6-8,13,18-19H2,1-5H3,(H2,31,33)(H,32,38). The van der Waals surface area contributed by atoms with Gasteiger partial charge in [-0.05, 0) is 64.3 Å². The minimum Gasteiger partial charge on any atom is -0.444 e. The lowest BCUT2D eigenvalue weighted by Crippen LogP contribution is -2.41. The molecular formula is C30H38N6O3. The minimum atomic E-state index is -0.539. The average molecular weight is 531 g/mol. The van der Waals surface area contributed by atoms with Crippen LogP contribution in [0.3, 0.4) is 0 Å². The third kappa shape index (κ3) is 6.30. The molecule has 0 spiro atoms. The largest absolute Gasteiger partial charge is 0.444 e. The zero-order chi connectivity index (χ0) is 28.2. The van der Waals surface area contributed by atoms with E-state index in [2.05, 4.69) is 17.2 Å². The smallest absolute Gasteiger partial charge is 0.407 e. The number of para-hydroxylation sites is 1. The minimum absolute atomic E-state index is 0.132. The molecule has 9 nitrogen and oxygen atoms in total. The monoisotopic (exact) mass is 530 g/mol. The number of nitrogens with two attached hydrogens (primary N) is 1. The van der Waals surface area contributed by atoms with E-state index in [1.807, 2.05) is 80.9 Å². The van der Waals surface area contributed by atoms with Crippen LogP contribution in [0.15, 0.2) is 48.5 Å². The number of nitrogens with one attached hydrogen (secondary N) is 1. The fourth-order valence-corrected chi connectivity index (χ4v) is 4.55. The SMILES string of the molecule is CCCCc1nc2c(N)nc3ccccc3c2n1N(CC)C(=O)c1ccc(CCNC(=O)OC(C)(C)C)cc1. The number of imidazole rings is 1. The number of benzene rings is 2. The van der Waals surface area contributed by atoms with Crippen molar-refractivity contribution in [2.24, 2.45) is 0 Å². The summed E-state index contributed by atoms with van der Waals surface area (Å²) in [7, 11) is 0. The first-order valence-electron chi connectivity index (χ1n) is 13.6. The predicted molar refractivity (Wildman–Crippen MR) is 156 cm³/mol. The Bertz CT molecular complexity index is 1470. The van der Waals surface area contributed by atoms with Gasteiger partial charge in [-0.25, -0.2) is 24.4 Å². The first-order valence-corrected chi connectivity index (χ1v) is 13.6. The van der Waals surface area contributed by atoms with Gasteiger partial charge in [-0.1, -0.05) is 43.7 Å². The number of carbonyl (C=O) groups is 2. The third-order valence-electron chi connectivity index (χ3n) is 6.38. The highest BCUT2D eigenvalue weighted by molar-refractivity contribution is 6.09. The van der Waals surface area contributed by atoms with E-state index in [-0.39, 0.29) is 5.91 Å². The van der Waals surface area contributed by atoms with Crippen LogP contribution in [0.25, 0.3) is 21.9 Å². The summed E-state index contributed by atoms with van der Waals surface area (Å²) in [4.78, 5) is 35.2. The van der Waals surface area contributed by atoms with E-state index < -0.39 is 11.7 Å². The van der Waals surface area contributed by atoms with Gasteiger partial charge in [0.05, 0.1) is 5.52 Å². The van der Waals surface area contributed by atoms with Crippen LogP contribution in [0.4, 0.5) is 10.6 Å². The molecule has 9 heteroatoms. The molecule has 206 valence electrons. The molecule has 0 radical (unpaired) electrons. The number of nitrogens with zero attached hydrogens (tertiary/aromatic N) is 4. The second kappa shape index (κ2) is 11.7. The zero-order valence-electron chi connectivity index (χ0n) is 23.5. The van der Waals surface area contributed by atoms with Crippen LogP contribution < -0.4 is 16.1 Å². The number of aryl methyl sites for hydroxylation is 1. The number of fused-ring (bicyclic) bond motifs is 3. The number of rotatable bonds is 9. The molecular weight excluding hydrogens is 492 g/mol. The van der Waals surface area contributed by atoms with Crippen LogP contribution in [-0.2, 0) is 17.6 Å². The summed E-state index contributed by atoms with van der Waals surface area (Å²) in [5.74, 6) is 1.01. The van der Waals surface area contributed by atoms with Crippen molar-refractivity contribution in [3.8, 4) is 0 Å². The normalized spacial score (nSPS) is 11.6. The summed E-state index contributed by atoms with van der Waals surface area (Å²) in [5, 5.41) is 5.39. The van der Waals surface area contributed by atoms with Crippen LogP contribution >= 0.6 is 0 Å². The molecule has 3 N–H and O–H groups in total. The van der Waals surface area contributed by atoms with Gasteiger partial charge >= 0.3 is 6.09 Å². The highest BCUT2D eigenvalue weighted by atomic mass is 16.6. The van der Waals surface area contributed by atoms with Crippen molar-refractivity contribution in [1.29, 1.82) is 0 Å². The number of nitrogen functional groups attached to an aromatic ring is 1. The number of pyridine rings is 1. The number of amides is 2. The lowest BCUT2D eigenvalue weighted by atomic mass is 10.1. The van der Waals surface area contributed by atoms with Gasteiger partial charge in [0.2, 0.25) is 0 Å². The maximum absolute atomic E-state index is 13.9. The molecule has 2 aromatic carbocycles. The maximum atomic E-state index is 13.9. The van der Waals surface area contributed by atoms with Crippen molar-refractivity contribution in [2.45, 2.75) is 65.9 Å². The second-order valence-electron chi connectivity index (χ2n) is 10.6. The van der Waals surface area contributed by atoms with Crippen LogP contribution in [0.2, 0.25) is 0 Å². The van der Waals surface area contributed by atoms with Crippen molar-refractivity contribution in [3.05, 3.63) is 65.5 Å². The molecule has 2 heterocycles. The number of carbonyl (C=O) groups excluding carboxylic acids is 2. The van der Waals surface area contributed by atoms with Gasteiger partial charge in [0.1, 0.15) is 22.5 Å². The molecule has 0 atom stereocenters. The number of hydrogen-bond donors (Lipinski definition) is 2. The van der Waals surface area contributed by atoms with E-state index in [1.54, 1.807) is 5.01 Å². The topological polar surface area (TPSA) is 115 Å². The number of alkyl carbamates (subject to hydrolysis) is 1. The Labute approximate surface area is 229 Å². The van der Waals surface area contributed by atoms with Gasteiger partial charge < -0.3 is 15.8 Å². The Hall–Kier alpha value is -4.14. The van der Waals surface area contributed by atoms with E-state index in [1.165, 1.54) is 0 Å². The van der Waals surface area contributed by atoms with Crippen LogP contribution in [-0.4, -0.2) is 45.3 Å². The highest BCUT2D eigenvalue weighted by Gasteiger charge is 2.25.